The number of hydrogen-bond donors (Lipinski definition) is 1. The molecule has 3 heteroatoms. The molecule has 82 valence electrons. The third-order valence-corrected chi connectivity index (χ3v) is 2.66. The van der Waals surface area contributed by atoms with Crippen LogP contribution in [0.25, 0.3) is 0 Å². The highest BCUT2D eigenvalue weighted by Crippen LogP contribution is 2.19. The summed E-state index contributed by atoms with van der Waals surface area (Å²) < 4.78 is 10.5. The molecular formula is C12H17NO2. The van der Waals surface area contributed by atoms with Gasteiger partial charge in [0.15, 0.2) is 0 Å². The van der Waals surface area contributed by atoms with Crippen LogP contribution >= 0.6 is 0 Å². The van der Waals surface area contributed by atoms with Crippen molar-refractivity contribution in [2.45, 2.75) is 18.9 Å². The maximum atomic E-state index is 5.32. The zero-order chi connectivity index (χ0) is 10.5. The molecule has 0 atom stereocenters. The number of nitrogens with one attached hydrogen (secondary N) is 1. The zero-order valence-corrected chi connectivity index (χ0v) is 9.03. The fraction of sp³-hybridized carbons (Fsp3) is 0.500. The maximum absolute atomic E-state index is 5.32. The minimum Gasteiger partial charge on any atom is -0.497 e. The van der Waals surface area contributed by atoms with Crippen molar-refractivity contribution in [3.63, 3.8) is 0 Å². The van der Waals surface area contributed by atoms with E-state index in [2.05, 4.69) is 11.4 Å². The molecule has 2 rings (SSSR count). The summed E-state index contributed by atoms with van der Waals surface area (Å²) in [5, 5.41) is 3.50. The highest BCUT2D eigenvalue weighted by molar-refractivity contribution is 5.48. The summed E-state index contributed by atoms with van der Waals surface area (Å²) in [6.45, 7) is 1.73. The predicted molar refractivity (Wildman–Crippen MR) is 60.5 cm³/mol. The summed E-state index contributed by atoms with van der Waals surface area (Å²) in [6.07, 6.45) is 2.16. The average molecular weight is 207 g/mol. The molecule has 1 aliphatic rings. The lowest BCUT2D eigenvalue weighted by Gasteiger charge is -2.24. The Morgan fingerprint density at radius 1 is 1.33 bits per heavy atom. The van der Waals surface area contributed by atoms with Crippen LogP contribution in [0, 0.1) is 0 Å². The van der Waals surface area contributed by atoms with Gasteiger partial charge in [0.05, 0.1) is 7.11 Å². The predicted octanol–water partition coefficient (Wildman–Crippen LogP) is 2.29. The van der Waals surface area contributed by atoms with Gasteiger partial charge in [-0.1, -0.05) is 6.07 Å². The summed E-state index contributed by atoms with van der Waals surface area (Å²) in [7, 11) is 1.69. The number of rotatable bonds is 3. The Labute approximate surface area is 90.4 Å². The quantitative estimate of drug-likeness (QED) is 0.824. The van der Waals surface area contributed by atoms with E-state index in [9.17, 15) is 0 Å². The van der Waals surface area contributed by atoms with Gasteiger partial charge in [0.1, 0.15) is 5.75 Å². The van der Waals surface area contributed by atoms with E-state index in [1.807, 2.05) is 18.2 Å². The number of benzene rings is 1. The summed E-state index contributed by atoms with van der Waals surface area (Å²) in [4.78, 5) is 0. The van der Waals surface area contributed by atoms with E-state index in [1.54, 1.807) is 7.11 Å². The highest BCUT2D eigenvalue weighted by atomic mass is 16.5. The van der Waals surface area contributed by atoms with E-state index in [-0.39, 0.29) is 0 Å². The van der Waals surface area contributed by atoms with Gasteiger partial charge < -0.3 is 14.8 Å². The standard InChI is InChI=1S/C12H17NO2/c1-14-12-4-2-3-11(9-12)13-10-5-7-15-8-6-10/h2-4,9-10,13H,5-8H2,1H3. The molecule has 0 aromatic heterocycles. The van der Waals surface area contributed by atoms with Crippen LogP contribution in [0.4, 0.5) is 5.69 Å². The molecule has 1 heterocycles. The van der Waals surface area contributed by atoms with Crippen LogP contribution < -0.4 is 10.1 Å². The van der Waals surface area contributed by atoms with Crippen LogP contribution in [0.1, 0.15) is 12.8 Å². The Bertz CT molecular complexity index is 308. The first-order valence-corrected chi connectivity index (χ1v) is 5.37. The van der Waals surface area contributed by atoms with E-state index in [1.165, 1.54) is 0 Å². The normalized spacial score (nSPS) is 17.4. The molecule has 1 aliphatic heterocycles. The minimum atomic E-state index is 0.533. The number of ether oxygens (including phenoxy) is 2. The van der Waals surface area contributed by atoms with Crippen LogP contribution in [0.15, 0.2) is 24.3 Å². The minimum absolute atomic E-state index is 0.533. The van der Waals surface area contributed by atoms with Crippen molar-refractivity contribution < 1.29 is 9.47 Å². The van der Waals surface area contributed by atoms with Gasteiger partial charge >= 0.3 is 0 Å². The van der Waals surface area contributed by atoms with Gasteiger partial charge in [0.25, 0.3) is 0 Å². The van der Waals surface area contributed by atoms with E-state index in [0.29, 0.717) is 6.04 Å². The smallest absolute Gasteiger partial charge is 0.120 e. The first kappa shape index (κ1) is 10.3. The molecule has 0 unspecified atom stereocenters. The Morgan fingerprint density at radius 2 is 2.13 bits per heavy atom. The lowest BCUT2D eigenvalue weighted by molar-refractivity contribution is 0.0904. The van der Waals surface area contributed by atoms with Crippen molar-refractivity contribution in [2.75, 3.05) is 25.6 Å². The first-order valence-electron chi connectivity index (χ1n) is 5.37. The van der Waals surface area contributed by atoms with Gasteiger partial charge in [-0.25, -0.2) is 0 Å². The van der Waals surface area contributed by atoms with Gasteiger partial charge in [-0.15, -0.1) is 0 Å². The van der Waals surface area contributed by atoms with Crippen LogP contribution in [-0.2, 0) is 4.74 Å². The molecule has 0 bridgehead atoms. The van der Waals surface area contributed by atoms with Crippen LogP contribution in [-0.4, -0.2) is 26.4 Å². The van der Waals surface area contributed by atoms with E-state index in [0.717, 1.165) is 37.5 Å². The summed E-state index contributed by atoms with van der Waals surface area (Å²) in [5.41, 5.74) is 1.13. The summed E-state index contributed by atoms with van der Waals surface area (Å²) in [6, 6.07) is 8.58. The Morgan fingerprint density at radius 3 is 2.87 bits per heavy atom. The van der Waals surface area contributed by atoms with Crippen molar-refractivity contribution in [1.29, 1.82) is 0 Å². The largest absolute Gasteiger partial charge is 0.497 e. The Kier molecular flexibility index (Phi) is 3.45. The highest BCUT2D eigenvalue weighted by Gasteiger charge is 2.13. The lowest BCUT2D eigenvalue weighted by atomic mass is 10.1. The number of methoxy groups -OCH3 is 1. The molecule has 1 aromatic rings. The molecule has 15 heavy (non-hydrogen) atoms. The molecule has 1 saturated heterocycles. The van der Waals surface area contributed by atoms with Crippen molar-refractivity contribution in [1.82, 2.24) is 0 Å². The van der Waals surface area contributed by atoms with E-state index in [4.69, 9.17) is 9.47 Å². The van der Waals surface area contributed by atoms with Gasteiger partial charge in [-0.3, -0.25) is 0 Å². The number of hydrogen-bond acceptors (Lipinski definition) is 3. The third kappa shape index (κ3) is 2.86. The van der Waals surface area contributed by atoms with Gasteiger partial charge in [-0.05, 0) is 25.0 Å². The van der Waals surface area contributed by atoms with Crippen molar-refractivity contribution in [3.05, 3.63) is 24.3 Å². The molecule has 0 saturated carbocycles. The molecule has 0 amide bonds. The molecule has 1 fully saturated rings. The second kappa shape index (κ2) is 5.03. The molecule has 1 aromatic carbocycles. The van der Waals surface area contributed by atoms with Crippen LogP contribution in [0.5, 0.6) is 5.75 Å². The SMILES string of the molecule is COc1cccc(NC2CCOCC2)c1. The maximum Gasteiger partial charge on any atom is 0.120 e. The van der Waals surface area contributed by atoms with Gasteiger partial charge in [0, 0.05) is 31.0 Å². The molecule has 1 N–H and O–H groups in total. The fourth-order valence-electron chi connectivity index (χ4n) is 1.79. The lowest BCUT2D eigenvalue weighted by Crippen LogP contribution is -2.27. The van der Waals surface area contributed by atoms with Crippen molar-refractivity contribution in [3.8, 4) is 5.75 Å². The second-order valence-corrected chi connectivity index (χ2v) is 3.76. The molecule has 0 radical (unpaired) electrons. The van der Waals surface area contributed by atoms with Crippen LogP contribution in [0.3, 0.4) is 0 Å². The first-order chi connectivity index (χ1) is 7.38. The van der Waals surface area contributed by atoms with Crippen LogP contribution in [0.2, 0.25) is 0 Å². The Balaban J connectivity index is 1.96. The van der Waals surface area contributed by atoms with Crippen molar-refractivity contribution >= 4 is 5.69 Å². The van der Waals surface area contributed by atoms with E-state index >= 15 is 0 Å². The topological polar surface area (TPSA) is 30.5 Å². The average Bonchev–Trinajstić information content (AvgIpc) is 2.31. The molecular weight excluding hydrogens is 190 g/mol. The van der Waals surface area contributed by atoms with Crippen molar-refractivity contribution in [2.24, 2.45) is 0 Å². The monoisotopic (exact) mass is 207 g/mol. The summed E-state index contributed by atoms with van der Waals surface area (Å²) >= 11 is 0. The fourth-order valence-corrected chi connectivity index (χ4v) is 1.79. The molecule has 3 nitrogen and oxygen atoms in total. The summed E-state index contributed by atoms with van der Waals surface area (Å²) in [5.74, 6) is 0.895. The molecule has 0 aliphatic carbocycles. The third-order valence-electron chi connectivity index (χ3n) is 2.66. The zero-order valence-electron chi connectivity index (χ0n) is 9.03. The number of anilines is 1. The van der Waals surface area contributed by atoms with Gasteiger partial charge in [-0.2, -0.15) is 0 Å². The van der Waals surface area contributed by atoms with E-state index < -0.39 is 0 Å². The molecule has 0 spiro atoms. The van der Waals surface area contributed by atoms with Gasteiger partial charge in [0.2, 0.25) is 0 Å². The second-order valence-electron chi connectivity index (χ2n) is 3.76. The Hall–Kier alpha value is -1.22.